The summed E-state index contributed by atoms with van der Waals surface area (Å²) in [4.78, 5) is 15.6. The monoisotopic (exact) mass is 489 g/mol. The Balaban J connectivity index is 1.60. The lowest BCUT2D eigenvalue weighted by molar-refractivity contribution is 0.192. The van der Waals surface area contributed by atoms with Crippen LogP contribution in [-0.2, 0) is 22.9 Å². The summed E-state index contributed by atoms with van der Waals surface area (Å²) in [7, 11) is -3.10. The maximum atomic E-state index is 13.5. The zero-order chi connectivity index (χ0) is 24.6. The number of rotatable bonds is 6. The predicted octanol–water partition coefficient (Wildman–Crippen LogP) is 4.66. The van der Waals surface area contributed by atoms with Gasteiger partial charge >= 0.3 is 0 Å². The molecule has 1 aromatic heterocycles. The van der Waals surface area contributed by atoms with Gasteiger partial charge in [0.1, 0.15) is 17.1 Å². The SMILES string of the molecule is Cc1oc2c(CN(Cc3ccccc3)C3CCS(=O)(=O)C3)c(O)ccc2c(=O)c1-c1ccccc1. The van der Waals surface area contributed by atoms with Gasteiger partial charge < -0.3 is 9.52 Å². The number of hydrogen-bond acceptors (Lipinski definition) is 6. The van der Waals surface area contributed by atoms with Crippen LogP contribution in [0.5, 0.6) is 5.75 Å². The number of phenols is 1. The Bertz CT molecular complexity index is 1530. The number of fused-ring (bicyclic) bond motifs is 1. The minimum atomic E-state index is -3.10. The molecule has 0 radical (unpaired) electrons. The Labute approximate surface area is 204 Å². The molecule has 1 atom stereocenters. The van der Waals surface area contributed by atoms with E-state index in [2.05, 4.69) is 4.90 Å². The molecule has 0 amide bonds. The van der Waals surface area contributed by atoms with Crippen molar-refractivity contribution < 1.29 is 17.9 Å². The number of aromatic hydroxyl groups is 1. The molecule has 1 N–H and O–H groups in total. The maximum absolute atomic E-state index is 13.5. The van der Waals surface area contributed by atoms with Crippen LogP contribution in [0.3, 0.4) is 0 Å². The smallest absolute Gasteiger partial charge is 0.200 e. The van der Waals surface area contributed by atoms with Crippen molar-refractivity contribution in [2.45, 2.75) is 32.5 Å². The summed E-state index contributed by atoms with van der Waals surface area (Å²) in [5.74, 6) is 0.719. The Kier molecular flexibility index (Phi) is 6.21. The molecule has 3 aromatic carbocycles. The molecule has 0 bridgehead atoms. The standard InChI is InChI=1S/C28H27NO5S/c1-19-26(21-10-6-3-7-11-21)27(31)23-12-13-25(30)24(28(23)34-19)17-29(16-20-8-4-2-5-9-20)22-14-15-35(32,33)18-22/h2-13,22,30H,14-18H2,1H3. The van der Waals surface area contributed by atoms with Crippen molar-refractivity contribution >= 4 is 20.8 Å². The Hall–Kier alpha value is -3.42. The van der Waals surface area contributed by atoms with E-state index >= 15 is 0 Å². The van der Waals surface area contributed by atoms with Crippen LogP contribution in [0.4, 0.5) is 0 Å². The molecule has 35 heavy (non-hydrogen) atoms. The number of aryl methyl sites for hydroxylation is 1. The quantitative estimate of drug-likeness (QED) is 0.424. The van der Waals surface area contributed by atoms with Crippen LogP contribution in [0.15, 0.2) is 82.0 Å². The second-order valence-corrected chi connectivity index (χ2v) is 11.3. The Morgan fingerprint density at radius 1 is 0.971 bits per heavy atom. The molecule has 0 saturated carbocycles. The fraction of sp³-hybridized carbons (Fsp3) is 0.250. The first kappa shape index (κ1) is 23.3. The van der Waals surface area contributed by atoms with E-state index < -0.39 is 9.84 Å². The molecule has 0 spiro atoms. The molecule has 7 heteroatoms. The second kappa shape index (κ2) is 9.32. The van der Waals surface area contributed by atoms with Gasteiger partial charge in [0.15, 0.2) is 9.84 Å². The van der Waals surface area contributed by atoms with E-state index in [1.807, 2.05) is 60.7 Å². The third kappa shape index (κ3) is 4.74. The van der Waals surface area contributed by atoms with E-state index in [0.717, 1.165) is 11.1 Å². The van der Waals surface area contributed by atoms with Crippen molar-refractivity contribution in [2.24, 2.45) is 0 Å². The molecule has 2 heterocycles. The van der Waals surface area contributed by atoms with E-state index in [1.165, 1.54) is 6.07 Å². The molecule has 1 unspecified atom stereocenters. The van der Waals surface area contributed by atoms with Crippen molar-refractivity contribution in [1.29, 1.82) is 0 Å². The molecule has 4 aromatic rings. The molecule has 1 saturated heterocycles. The molecule has 5 rings (SSSR count). The van der Waals surface area contributed by atoms with E-state index in [0.29, 0.717) is 40.8 Å². The Morgan fingerprint density at radius 3 is 2.31 bits per heavy atom. The fourth-order valence-electron chi connectivity index (χ4n) is 4.90. The highest BCUT2D eigenvalue weighted by atomic mass is 32.2. The van der Waals surface area contributed by atoms with Gasteiger partial charge in [-0.25, -0.2) is 8.42 Å². The third-order valence-corrected chi connectivity index (χ3v) is 8.44. The number of nitrogens with zero attached hydrogens (tertiary/aromatic N) is 1. The van der Waals surface area contributed by atoms with E-state index in [-0.39, 0.29) is 35.3 Å². The van der Waals surface area contributed by atoms with Gasteiger partial charge in [0.25, 0.3) is 0 Å². The number of benzene rings is 3. The average Bonchev–Trinajstić information content (AvgIpc) is 3.21. The summed E-state index contributed by atoms with van der Waals surface area (Å²) < 4.78 is 30.7. The molecule has 6 nitrogen and oxygen atoms in total. The van der Waals surface area contributed by atoms with Crippen LogP contribution in [0.25, 0.3) is 22.1 Å². The van der Waals surface area contributed by atoms with Gasteiger partial charge in [-0.05, 0) is 36.6 Å². The van der Waals surface area contributed by atoms with E-state index in [4.69, 9.17) is 4.42 Å². The predicted molar refractivity (Wildman–Crippen MR) is 137 cm³/mol. The van der Waals surface area contributed by atoms with E-state index in [9.17, 15) is 18.3 Å². The van der Waals surface area contributed by atoms with Crippen LogP contribution < -0.4 is 5.43 Å². The van der Waals surface area contributed by atoms with Gasteiger partial charge in [-0.15, -0.1) is 0 Å². The van der Waals surface area contributed by atoms with Crippen molar-refractivity contribution in [1.82, 2.24) is 4.90 Å². The fourth-order valence-corrected chi connectivity index (χ4v) is 6.66. The summed E-state index contributed by atoms with van der Waals surface area (Å²) in [5.41, 5.74) is 2.98. The number of sulfone groups is 1. The number of hydrogen-bond donors (Lipinski definition) is 1. The van der Waals surface area contributed by atoms with Gasteiger partial charge in [-0.2, -0.15) is 0 Å². The lowest BCUT2D eigenvalue weighted by Gasteiger charge is -2.28. The van der Waals surface area contributed by atoms with Crippen LogP contribution >= 0.6 is 0 Å². The molecular weight excluding hydrogens is 462 g/mol. The molecular formula is C28H27NO5S. The van der Waals surface area contributed by atoms with Crippen molar-refractivity contribution in [2.75, 3.05) is 11.5 Å². The van der Waals surface area contributed by atoms with Gasteiger partial charge in [0, 0.05) is 19.1 Å². The zero-order valence-electron chi connectivity index (χ0n) is 19.5. The van der Waals surface area contributed by atoms with Crippen LogP contribution in [0.1, 0.15) is 23.3 Å². The van der Waals surface area contributed by atoms with Crippen molar-refractivity contribution in [3.05, 3.63) is 99.9 Å². The minimum absolute atomic E-state index is 0.0198. The van der Waals surface area contributed by atoms with Crippen molar-refractivity contribution in [3.63, 3.8) is 0 Å². The molecule has 1 aliphatic rings. The van der Waals surface area contributed by atoms with Gasteiger partial charge in [0.05, 0.1) is 28.0 Å². The van der Waals surface area contributed by atoms with Crippen molar-refractivity contribution in [3.8, 4) is 16.9 Å². The van der Waals surface area contributed by atoms with Crippen LogP contribution in [-0.4, -0.2) is 36.0 Å². The summed E-state index contributed by atoms with van der Waals surface area (Å²) in [6.45, 7) is 2.52. The third-order valence-electron chi connectivity index (χ3n) is 6.69. The summed E-state index contributed by atoms with van der Waals surface area (Å²) >= 11 is 0. The summed E-state index contributed by atoms with van der Waals surface area (Å²) in [6, 6.07) is 22.1. The first-order chi connectivity index (χ1) is 16.8. The molecule has 1 aliphatic heterocycles. The topological polar surface area (TPSA) is 87.8 Å². The molecule has 180 valence electrons. The number of phenolic OH excluding ortho intramolecular Hbond substituents is 1. The highest BCUT2D eigenvalue weighted by Crippen LogP contribution is 2.33. The first-order valence-electron chi connectivity index (χ1n) is 11.6. The van der Waals surface area contributed by atoms with Gasteiger partial charge in [0.2, 0.25) is 5.43 Å². The first-order valence-corrected chi connectivity index (χ1v) is 13.5. The second-order valence-electron chi connectivity index (χ2n) is 9.12. The summed E-state index contributed by atoms with van der Waals surface area (Å²) in [6.07, 6.45) is 0.530. The molecule has 1 fully saturated rings. The van der Waals surface area contributed by atoms with Crippen LogP contribution in [0.2, 0.25) is 0 Å². The lowest BCUT2D eigenvalue weighted by atomic mass is 10.0. The normalized spacial score (nSPS) is 17.3. The maximum Gasteiger partial charge on any atom is 0.200 e. The van der Waals surface area contributed by atoms with Gasteiger partial charge in [-0.1, -0.05) is 60.7 Å². The largest absolute Gasteiger partial charge is 0.507 e. The van der Waals surface area contributed by atoms with Gasteiger partial charge in [-0.3, -0.25) is 9.69 Å². The van der Waals surface area contributed by atoms with E-state index in [1.54, 1.807) is 13.0 Å². The average molecular weight is 490 g/mol. The highest BCUT2D eigenvalue weighted by Gasteiger charge is 2.33. The zero-order valence-corrected chi connectivity index (χ0v) is 20.3. The lowest BCUT2D eigenvalue weighted by Crippen LogP contribution is -2.35. The Morgan fingerprint density at radius 2 is 1.66 bits per heavy atom. The minimum Gasteiger partial charge on any atom is -0.507 e. The van der Waals surface area contributed by atoms with Crippen LogP contribution in [0, 0.1) is 6.92 Å². The molecule has 0 aliphatic carbocycles. The summed E-state index contributed by atoms with van der Waals surface area (Å²) in [5, 5.41) is 11.2. The highest BCUT2D eigenvalue weighted by molar-refractivity contribution is 7.91.